The Balaban J connectivity index is 1.37. The second kappa shape index (κ2) is 5.33. The van der Waals surface area contributed by atoms with Gasteiger partial charge in [-0.15, -0.1) is 0 Å². The van der Waals surface area contributed by atoms with E-state index < -0.39 is 9.84 Å². The Hall–Kier alpha value is -0.840. The lowest BCUT2D eigenvalue weighted by molar-refractivity contribution is -0.126. The molecule has 4 aliphatic carbocycles. The number of rotatable bonds is 4. The maximum Gasteiger partial charge on any atom is 0.220 e. The van der Waals surface area contributed by atoms with E-state index in [1.54, 1.807) is 6.08 Å². The SMILES string of the molecule is C[C@@H](NC(=O)C[C@@H]1C=CS(=O)(=O)C1)C12CC3CC(CC(C3)C1)C2. The number of amides is 1. The minimum atomic E-state index is -3.07. The first-order valence-electron chi connectivity index (χ1n) is 9.04. The van der Waals surface area contributed by atoms with Crippen molar-refractivity contribution in [1.29, 1.82) is 0 Å². The van der Waals surface area contributed by atoms with Gasteiger partial charge in [-0.05, 0) is 68.6 Å². The molecule has 1 heterocycles. The van der Waals surface area contributed by atoms with E-state index in [0.29, 0.717) is 11.8 Å². The van der Waals surface area contributed by atoms with Gasteiger partial charge in [0, 0.05) is 23.8 Å². The molecular formula is C18H27NO3S. The van der Waals surface area contributed by atoms with Crippen LogP contribution in [0.2, 0.25) is 0 Å². The number of hydrogen-bond donors (Lipinski definition) is 1. The van der Waals surface area contributed by atoms with Crippen molar-refractivity contribution in [2.45, 2.75) is 57.9 Å². The molecule has 128 valence electrons. The lowest BCUT2D eigenvalue weighted by Crippen LogP contribution is -2.55. The minimum absolute atomic E-state index is 0.0139. The molecule has 1 N–H and O–H groups in total. The van der Waals surface area contributed by atoms with E-state index in [0.717, 1.165) is 17.8 Å². The summed E-state index contributed by atoms with van der Waals surface area (Å²) in [7, 11) is -3.07. The van der Waals surface area contributed by atoms with E-state index >= 15 is 0 Å². The van der Waals surface area contributed by atoms with E-state index in [1.165, 1.54) is 43.9 Å². The summed E-state index contributed by atoms with van der Waals surface area (Å²) in [5.41, 5.74) is 0.308. The van der Waals surface area contributed by atoms with Crippen LogP contribution in [0.15, 0.2) is 11.5 Å². The van der Waals surface area contributed by atoms with E-state index in [4.69, 9.17) is 0 Å². The molecule has 5 heteroatoms. The molecule has 4 nitrogen and oxygen atoms in total. The van der Waals surface area contributed by atoms with Crippen molar-refractivity contribution >= 4 is 15.7 Å². The summed E-state index contributed by atoms with van der Waals surface area (Å²) >= 11 is 0. The molecule has 2 atom stereocenters. The number of sulfone groups is 1. The Bertz CT molecular complexity index is 601. The van der Waals surface area contributed by atoms with Gasteiger partial charge in [-0.1, -0.05) is 6.08 Å². The summed E-state index contributed by atoms with van der Waals surface area (Å²) < 4.78 is 22.9. The van der Waals surface area contributed by atoms with Gasteiger partial charge in [0.05, 0.1) is 5.75 Å². The van der Waals surface area contributed by atoms with Gasteiger partial charge in [-0.2, -0.15) is 0 Å². The highest BCUT2D eigenvalue weighted by Gasteiger charge is 2.53. The molecule has 4 saturated carbocycles. The zero-order chi connectivity index (χ0) is 16.2. The molecule has 0 unspecified atom stereocenters. The summed E-state index contributed by atoms with van der Waals surface area (Å²) in [6.07, 6.45) is 10.0. The van der Waals surface area contributed by atoms with Crippen molar-refractivity contribution in [2.24, 2.45) is 29.1 Å². The summed E-state index contributed by atoms with van der Waals surface area (Å²) in [6, 6.07) is 0.213. The Morgan fingerprint density at radius 1 is 1.17 bits per heavy atom. The average Bonchev–Trinajstić information content (AvgIpc) is 2.76. The van der Waals surface area contributed by atoms with Crippen molar-refractivity contribution in [3.8, 4) is 0 Å². The monoisotopic (exact) mass is 337 g/mol. The Kier molecular flexibility index (Phi) is 3.63. The highest BCUT2D eigenvalue weighted by Crippen LogP contribution is 2.61. The fourth-order valence-electron chi connectivity index (χ4n) is 6.17. The standard InChI is InChI=1S/C18H27NO3S/c1-12(19-17(20)7-13-2-3-23(21,22)11-13)18-8-14-4-15(9-18)6-16(5-14)10-18/h2-3,12-16H,4-11H2,1H3,(H,19,20)/t12-,13+,14?,15?,16?,18?/m1/s1. The predicted octanol–water partition coefficient (Wildman–Crippen LogP) is 2.66. The van der Waals surface area contributed by atoms with Crippen LogP contribution in [0.1, 0.15) is 51.9 Å². The molecule has 0 saturated heterocycles. The van der Waals surface area contributed by atoms with E-state index in [1.807, 2.05) is 0 Å². The van der Waals surface area contributed by atoms with E-state index in [-0.39, 0.29) is 23.6 Å². The quantitative estimate of drug-likeness (QED) is 0.858. The van der Waals surface area contributed by atoms with Crippen molar-refractivity contribution in [2.75, 3.05) is 5.75 Å². The Labute approximate surface area is 139 Å². The molecule has 4 fully saturated rings. The Morgan fingerprint density at radius 3 is 2.22 bits per heavy atom. The highest BCUT2D eigenvalue weighted by molar-refractivity contribution is 7.94. The average molecular weight is 337 g/mol. The fraction of sp³-hybridized carbons (Fsp3) is 0.833. The van der Waals surface area contributed by atoms with Crippen molar-refractivity contribution in [3.05, 3.63) is 11.5 Å². The first-order chi connectivity index (χ1) is 10.8. The third kappa shape index (κ3) is 2.97. The van der Waals surface area contributed by atoms with Crippen LogP contribution in [0.25, 0.3) is 0 Å². The first-order valence-corrected chi connectivity index (χ1v) is 10.8. The molecule has 0 aromatic rings. The maximum atomic E-state index is 12.4. The van der Waals surface area contributed by atoms with Gasteiger partial charge < -0.3 is 5.32 Å². The molecule has 4 bridgehead atoms. The van der Waals surface area contributed by atoms with Crippen LogP contribution in [0.4, 0.5) is 0 Å². The van der Waals surface area contributed by atoms with Crippen molar-refractivity contribution in [3.63, 3.8) is 0 Å². The number of hydrogen-bond acceptors (Lipinski definition) is 3. The number of carbonyl (C=O) groups excluding carboxylic acids is 1. The van der Waals surface area contributed by atoms with E-state index in [2.05, 4.69) is 12.2 Å². The Morgan fingerprint density at radius 2 is 1.74 bits per heavy atom. The first kappa shape index (κ1) is 15.7. The molecule has 0 spiro atoms. The van der Waals surface area contributed by atoms with Crippen molar-refractivity contribution in [1.82, 2.24) is 5.32 Å². The van der Waals surface area contributed by atoms with Gasteiger partial charge in [-0.25, -0.2) is 8.42 Å². The second-order valence-electron chi connectivity index (χ2n) is 8.69. The molecule has 1 aliphatic heterocycles. The topological polar surface area (TPSA) is 63.2 Å². The van der Waals surface area contributed by atoms with Gasteiger partial charge in [0.1, 0.15) is 0 Å². The van der Waals surface area contributed by atoms with Crippen LogP contribution >= 0.6 is 0 Å². The summed E-state index contributed by atoms with van der Waals surface area (Å²) in [6.45, 7) is 2.17. The van der Waals surface area contributed by atoms with Crippen LogP contribution in [-0.4, -0.2) is 26.1 Å². The fourth-order valence-corrected chi connectivity index (χ4v) is 7.57. The molecule has 0 aromatic heterocycles. The van der Waals surface area contributed by atoms with Crippen LogP contribution < -0.4 is 5.32 Å². The van der Waals surface area contributed by atoms with Gasteiger partial charge in [-0.3, -0.25) is 4.79 Å². The number of nitrogens with one attached hydrogen (secondary N) is 1. The molecule has 23 heavy (non-hydrogen) atoms. The van der Waals surface area contributed by atoms with Crippen molar-refractivity contribution < 1.29 is 13.2 Å². The van der Waals surface area contributed by atoms with Gasteiger partial charge in [0.2, 0.25) is 5.91 Å². The largest absolute Gasteiger partial charge is 0.353 e. The molecule has 5 rings (SSSR count). The second-order valence-corrected chi connectivity index (χ2v) is 10.6. The lowest BCUT2D eigenvalue weighted by Gasteiger charge is -2.59. The number of allylic oxidation sites excluding steroid dienone is 1. The van der Waals surface area contributed by atoms with Crippen LogP contribution in [0.5, 0.6) is 0 Å². The predicted molar refractivity (Wildman–Crippen MR) is 89.2 cm³/mol. The summed E-state index contributed by atoms with van der Waals surface area (Å²) in [5, 5.41) is 4.48. The number of carbonyl (C=O) groups is 1. The molecule has 0 aromatic carbocycles. The van der Waals surface area contributed by atoms with Gasteiger partial charge in [0.15, 0.2) is 9.84 Å². The smallest absolute Gasteiger partial charge is 0.220 e. The maximum absolute atomic E-state index is 12.4. The van der Waals surface area contributed by atoms with Gasteiger partial charge >= 0.3 is 0 Å². The molecule has 0 radical (unpaired) electrons. The van der Waals surface area contributed by atoms with E-state index in [9.17, 15) is 13.2 Å². The zero-order valence-corrected chi connectivity index (χ0v) is 14.6. The lowest BCUT2D eigenvalue weighted by atomic mass is 9.48. The minimum Gasteiger partial charge on any atom is -0.353 e. The van der Waals surface area contributed by atoms with Gasteiger partial charge in [0.25, 0.3) is 0 Å². The highest BCUT2D eigenvalue weighted by atomic mass is 32.2. The van der Waals surface area contributed by atoms with Crippen LogP contribution in [-0.2, 0) is 14.6 Å². The van der Waals surface area contributed by atoms with Crippen LogP contribution in [0, 0.1) is 29.1 Å². The van der Waals surface area contributed by atoms with Crippen LogP contribution in [0.3, 0.4) is 0 Å². The molecule has 5 aliphatic rings. The molecule has 1 amide bonds. The summed E-state index contributed by atoms with van der Waals surface area (Å²) in [4.78, 5) is 12.4. The summed E-state index contributed by atoms with van der Waals surface area (Å²) in [5.74, 6) is 2.59. The third-order valence-electron chi connectivity index (χ3n) is 6.83. The third-order valence-corrected chi connectivity index (χ3v) is 8.30. The normalized spacial score (nSPS) is 44.4. The zero-order valence-electron chi connectivity index (χ0n) is 13.8. The molecular weight excluding hydrogens is 310 g/mol.